The van der Waals surface area contributed by atoms with Gasteiger partial charge in [0.15, 0.2) is 0 Å². The van der Waals surface area contributed by atoms with Crippen molar-refractivity contribution in [2.45, 2.75) is 39.2 Å². The van der Waals surface area contributed by atoms with Crippen molar-refractivity contribution in [3.63, 3.8) is 0 Å². The molecule has 1 aliphatic carbocycles. The molecule has 1 aromatic rings. The van der Waals surface area contributed by atoms with Gasteiger partial charge in [0, 0.05) is 12.1 Å². The Morgan fingerprint density at radius 2 is 1.94 bits per heavy atom. The molecule has 2 atom stereocenters. The van der Waals surface area contributed by atoms with Crippen LogP contribution in [0.5, 0.6) is 0 Å². The first-order valence-corrected chi connectivity index (χ1v) is 6.59. The molecule has 1 fully saturated rings. The average molecular weight is 247 g/mol. The summed E-state index contributed by atoms with van der Waals surface area (Å²) in [6, 6.07) is 5.88. The Hall–Kier alpha value is -1.35. The summed E-state index contributed by atoms with van der Waals surface area (Å²) in [5, 5.41) is 12.4. The minimum absolute atomic E-state index is 0.0109. The standard InChI is InChI=1S/C15H21NO2/c1-10-5-11(2)7-13(6-10)15(18)16-9-12-3-4-14(17)8-12/h5-7,12,14,17H,3-4,8-9H2,1-2H3,(H,16,18). The van der Waals surface area contributed by atoms with Crippen molar-refractivity contribution in [3.05, 3.63) is 34.9 Å². The first kappa shape index (κ1) is 13.1. The van der Waals surface area contributed by atoms with Crippen LogP contribution in [0, 0.1) is 19.8 Å². The molecular weight excluding hydrogens is 226 g/mol. The number of amides is 1. The third-order valence-electron chi connectivity index (χ3n) is 3.55. The van der Waals surface area contributed by atoms with Crippen molar-refractivity contribution in [3.8, 4) is 0 Å². The third-order valence-corrected chi connectivity index (χ3v) is 3.55. The summed E-state index contributed by atoms with van der Waals surface area (Å²) >= 11 is 0. The van der Waals surface area contributed by atoms with E-state index in [1.807, 2.05) is 26.0 Å². The van der Waals surface area contributed by atoms with E-state index in [0.717, 1.165) is 36.0 Å². The highest BCUT2D eigenvalue weighted by molar-refractivity contribution is 5.94. The van der Waals surface area contributed by atoms with Gasteiger partial charge in [0.05, 0.1) is 6.10 Å². The number of carbonyl (C=O) groups is 1. The number of hydrogen-bond acceptors (Lipinski definition) is 2. The van der Waals surface area contributed by atoms with Crippen LogP contribution in [0.1, 0.15) is 40.7 Å². The number of benzene rings is 1. The number of aryl methyl sites for hydroxylation is 2. The van der Waals surface area contributed by atoms with Crippen LogP contribution in [0.2, 0.25) is 0 Å². The summed E-state index contributed by atoms with van der Waals surface area (Å²) in [5.74, 6) is 0.415. The maximum atomic E-state index is 12.0. The fourth-order valence-electron chi connectivity index (χ4n) is 2.68. The molecule has 0 spiro atoms. The van der Waals surface area contributed by atoms with Crippen LogP contribution in [-0.2, 0) is 0 Å². The van der Waals surface area contributed by atoms with Gasteiger partial charge >= 0.3 is 0 Å². The van der Waals surface area contributed by atoms with Gasteiger partial charge in [-0.2, -0.15) is 0 Å². The zero-order valence-corrected chi connectivity index (χ0v) is 11.1. The lowest BCUT2D eigenvalue weighted by atomic mass is 10.1. The second-order valence-corrected chi connectivity index (χ2v) is 5.42. The molecule has 98 valence electrons. The fourth-order valence-corrected chi connectivity index (χ4v) is 2.68. The molecule has 2 N–H and O–H groups in total. The van der Waals surface area contributed by atoms with E-state index in [2.05, 4.69) is 11.4 Å². The predicted octanol–water partition coefficient (Wildman–Crippen LogP) is 2.19. The number of nitrogens with one attached hydrogen (secondary N) is 1. The van der Waals surface area contributed by atoms with Crippen molar-refractivity contribution in [2.75, 3.05) is 6.54 Å². The highest BCUT2D eigenvalue weighted by Gasteiger charge is 2.23. The Labute approximate surface area is 108 Å². The first-order chi connectivity index (χ1) is 8.54. The van der Waals surface area contributed by atoms with Crippen LogP contribution in [0.15, 0.2) is 18.2 Å². The molecule has 1 amide bonds. The second kappa shape index (κ2) is 5.53. The predicted molar refractivity (Wildman–Crippen MR) is 71.6 cm³/mol. The van der Waals surface area contributed by atoms with Crippen LogP contribution in [0.4, 0.5) is 0 Å². The number of rotatable bonds is 3. The van der Waals surface area contributed by atoms with E-state index in [4.69, 9.17) is 0 Å². The van der Waals surface area contributed by atoms with Crippen molar-refractivity contribution in [1.82, 2.24) is 5.32 Å². The van der Waals surface area contributed by atoms with Crippen molar-refractivity contribution < 1.29 is 9.90 Å². The van der Waals surface area contributed by atoms with Gasteiger partial charge in [0.25, 0.3) is 5.91 Å². The Balaban J connectivity index is 1.91. The maximum absolute atomic E-state index is 12.0. The number of aliphatic hydroxyl groups is 1. The van der Waals surface area contributed by atoms with Gasteiger partial charge in [-0.15, -0.1) is 0 Å². The third kappa shape index (κ3) is 3.33. The number of aliphatic hydroxyl groups excluding tert-OH is 1. The van der Waals surface area contributed by atoms with Gasteiger partial charge in [-0.1, -0.05) is 17.2 Å². The molecule has 0 radical (unpaired) electrons. The molecule has 1 saturated carbocycles. The normalized spacial score (nSPS) is 23.1. The zero-order valence-electron chi connectivity index (χ0n) is 11.1. The minimum Gasteiger partial charge on any atom is -0.393 e. The van der Waals surface area contributed by atoms with Crippen LogP contribution in [-0.4, -0.2) is 23.7 Å². The van der Waals surface area contributed by atoms with Crippen molar-refractivity contribution >= 4 is 5.91 Å². The Morgan fingerprint density at radius 1 is 1.28 bits per heavy atom. The van der Waals surface area contributed by atoms with Gasteiger partial charge < -0.3 is 10.4 Å². The van der Waals surface area contributed by atoms with Gasteiger partial charge in [0.2, 0.25) is 0 Å². The Bertz CT molecular complexity index is 422. The van der Waals surface area contributed by atoms with E-state index in [1.54, 1.807) is 0 Å². The van der Waals surface area contributed by atoms with Crippen LogP contribution < -0.4 is 5.32 Å². The average Bonchev–Trinajstić information content (AvgIpc) is 2.70. The first-order valence-electron chi connectivity index (χ1n) is 6.59. The molecule has 2 unspecified atom stereocenters. The molecule has 0 heterocycles. The van der Waals surface area contributed by atoms with E-state index in [0.29, 0.717) is 12.5 Å². The van der Waals surface area contributed by atoms with Crippen LogP contribution in [0.3, 0.4) is 0 Å². The molecule has 0 aromatic heterocycles. The second-order valence-electron chi connectivity index (χ2n) is 5.42. The van der Waals surface area contributed by atoms with E-state index in [9.17, 15) is 9.90 Å². The summed E-state index contributed by atoms with van der Waals surface area (Å²) in [4.78, 5) is 12.0. The van der Waals surface area contributed by atoms with Crippen LogP contribution in [0.25, 0.3) is 0 Å². The minimum atomic E-state index is -0.173. The lowest BCUT2D eigenvalue weighted by Crippen LogP contribution is -2.28. The topological polar surface area (TPSA) is 49.3 Å². The zero-order chi connectivity index (χ0) is 13.1. The highest BCUT2D eigenvalue weighted by atomic mass is 16.3. The Kier molecular flexibility index (Phi) is 4.02. The van der Waals surface area contributed by atoms with Gasteiger partial charge in [-0.25, -0.2) is 0 Å². The monoisotopic (exact) mass is 247 g/mol. The lowest BCUT2D eigenvalue weighted by molar-refractivity contribution is 0.0945. The molecule has 2 rings (SSSR count). The lowest BCUT2D eigenvalue weighted by Gasteiger charge is -2.11. The fraction of sp³-hybridized carbons (Fsp3) is 0.533. The molecule has 0 bridgehead atoms. The molecular formula is C15H21NO2. The van der Waals surface area contributed by atoms with Crippen LogP contribution >= 0.6 is 0 Å². The summed E-state index contributed by atoms with van der Waals surface area (Å²) in [6.07, 6.45) is 2.51. The van der Waals surface area contributed by atoms with Crippen molar-refractivity contribution in [2.24, 2.45) is 5.92 Å². The SMILES string of the molecule is Cc1cc(C)cc(C(=O)NCC2CCC(O)C2)c1. The smallest absolute Gasteiger partial charge is 0.251 e. The van der Waals surface area contributed by atoms with E-state index < -0.39 is 0 Å². The molecule has 3 nitrogen and oxygen atoms in total. The molecule has 0 saturated heterocycles. The summed E-state index contributed by atoms with van der Waals surface area (Å²) in [6.45, 7) is 4.66. The van der Waals surface area contributed by atoms with Crippen molar-refractivity contribution in [1.29, 1.82) is 0 Å². The van der Waals surface area contributed by atoms with Gasteiger partial charge in [-0.05, 0) is 51.2 Å². The largest absolute Gasteiger partial charge is 0.393 e. The summed E-state index contributed by atoms with van der Waals surface area (Å²) in [7, 11) is 0. The quantitative estimate of drug-likeness (QED) is 0.860. The molecule has 0 aliphatic heterocycles. The van der Waals surface area contributed by atoms with Gasteiger partial charge in [-0.3, -0.25) is 4.79 Å². The summed E-state index contributed by atoms with van der Waals surface area (Å²) < 4.78 is 0. The summed E-state index contributed by atoms with van der Waals surface area (Å²) in [5.41, 5.74) is 2.94. The molecule has 18 heavy (non-hydrogen) atoms. The molecule has 3 heteroatoms. The maximum Gasteiger partial charge on any atom is 0.251 e. The Morgan fingerprint density at radius 3 is 2.50 bits per heavy atom. The van der Waals surface area contributed by atoms with E-state index in [-0.39, 0.29) is 12.0 Å². The molecule has 1 aromatic carbocycles. The van der Waals surface area contributed by atoms with E-state index in [1.165, 1.54) is 0 Å². The number of hydrogen-bond donors (Lipinski definition) is 2. The molecule has 1 aliphatic rings. The van der Waals surface area contributed by atoms with E-state index >= 15 is 0 Å². The van der Waals surface area contributed by atoms with Gasteiger partial charge in [0.1, 0.15) is 0 Å². The highest BCUT2D eigenvalue weighted by Crippen LogP contribution is 2.24. The number of carbonyl (C=O) groups excluding carboxylic acids is 1.